The van der Waals surface area contributed by atoms with Crippen molar-refractivity contribution < 1.29 is 0 Å². The first-order valence-electron chi connectivity index (χ1n) is 10.0. The van der Waals surface area contributed by atoms with Gasteiger partial charge in [0.1, 0.15) is 0 Å². The van der Waals surface area contributed by atoms with Crippen LogP contribution >= 0.6 is 0 Å². The van der Waals surface area contributed by atoms with Crippen LogP contribution in [0.25, 0.3) is 0 Å². The fourth-order valence-corrected chi connectivity index (χ4v) is 2.45. The summed E-state index contributed by atoms with van der Waals surface area (Å²) in [5.74, 6) is 0. The summed E-state index contributed by atoms with van der Waals surface area (Å²) in [5.41, 5.74) is 0. The van der Waals surface area contributed by atoms with E-state index in [1.54, 1.807) is 0 Å². The van der Waals surface area contributed by atoms with Crippen LogP contribution in [-0.2, 0) is 0 Å². The summed E-state index contributed by atoms with van der Waals surface area (Å²) in [6.07, 6.45) is 27.2. The Kier molecular flexibility index (Phi) is 27.4. The molecule has 0 spiro atoms. The highest BCUT2D eigenvalue weighted by Gasteiger charge is 1.89. The molecule has 0 aromatic carbocycles. The molecule has 0 aliphatic carbocycles. The molecular formula is C22H44. The third kappa shape index (κ3) is 27.8. The SMILES string of the molecule is C/C=C/CCCCCCC.C=CCCCCCCCCCC. The van der Waals surface area contributed by atoms with Crippen molar-refractivity contribution in [1.82, 2.24) is 0 Å². The second-order valence-corrected chi connectivity index (χ2v) is 6.32. The quantitative estimate of drug-likeness (QED) is 0.210. The van der Waals surface area contributed by atoms with Gasteiger partial charge >= 0.3 is 0 Å². The number of allylic oxidation sites excluding steroid dienone is 3. The predicted octanol–water partition coefficient (Wildman–Crippen LogP) is 8.63. The van der Waals surface area contributed by atoms with Crippen molar-refractivity contribution in [3.63, 3.8) is 0 Å². The highest BCUT2D eigenvalue weighted by molar-refractivity contribution is 4.76. The van der Waals surface area contributed by atoms with Gasteiger partial charge in [-0.1, -0.05) is 103 Å². The average molecular weight is 309 g/mol. The van der Waals surface area contributed by atoms with E-state index in [-0.39, 0.29) is 0 Å². The molecule has 0 aromatic heterocycles. The third-order valence-electron chi connectivity index (χ3n) is 3.97. The summed E-state index contributed by atoms with van der Waals surface area (Å²) in [6.45, 7) is 10.3. The van der Waals surface area contributed by atoms with Crippen LogP contribution in [0.2, 0.25) is 0 Å². The molecule has 0 bridgehead atoms. The van der Waals surface area contributed by atoms with Crippen LogP contribution in [0.15, 0.2) is 24.8 Å². The van der Waals surface area contributed by atoms with Gasteiger partial charge in [0.05, 0.1) is 0 Å². The maximum Gasteiger partial charge on any atom is -0.0351 e. The van der Waals surface area contributed by atoms with Gasteiger partial charge in [0.25, 0.3) is 0 Å². The van der Waals surface area contributed by atoms with E-state index in [1.807, 2.05) is 6.08 Å². The second-order valence-electron chi connectivity index (χ2n) is 6.32. The Morgan fingerprint density at radius 3 is 1.41 bits per heavy atom. The zero-order valence-corrected chi connectivity index (χ0v) is 16.0. The molecule has 0 saturated heterocycles. The van der Waals surface area contributed by atoms with E-state index < -0.39 is 0 Å². The van der Waals surface area contributed by atoms with Crippen LogP contribution < -0.4 is 0 Å². The van der Waals surface area contributed by atoms with Crippen molar-refractivity contribution in [2.24, 2.45) is 0 Å². The van der Waals surface area contributed by atoms with E-state index in [0.717, 1.165) is 0 Å². The van der Waals surface area contributed by atoms with Crippen LogP contribution in [0.3, 0.4) is 0 Å². The first-order chi connectivity index (χ1) is 10.8. The fraction of sp³-hybridized carbons (Fsp3) is 0.818. The van der Waals surface area contributed by atoms with Crippen molar-refractivity contribution in [2.75, 3.05) is 0 Å². The highest BCUT2D eigenvalue weighted by Crippen LogP contribution is 2.09. The molecule has 0 fully saturated rings. The monoisotopic (exact) mass is 308 g/mol. The second kappa shape index (κ2) is 25.4. The molecule has 0 N–H and O–H groups in total. The van der Waals surface area contributed by atoms with Crippen molar-refractivity contribution in [2.45, 2.75) is 117 Å². The van der Waals surface area contributed by atoms with Crippen LogP contribution in [0, 0.1) is 0 Å². The van der Waals surface area contributed by atoms with Gasteiger partial charge in [0, 0.05) is 0 Å². The molecule has 0 aliphatic rings. The summed E-state index contributed by atoms with van der Waals surface area (Å²) in [5, 5.41) is 0. The Bertz CT molecular complexity index is 202. The van der Waals surface area contributed by atoms with Gasteiger partial charge in [-0.2, -0.15) is 0 Å². The highest BCUT2D eigenvalue weighted by atomic mass is 14.0. The smallest absolute Gasteiger partial charge is 0.0351 e. The van der Waals surface area contributed by atoms with E-state index in [0.29, 0.717) is 0 Å². The Hall–Kier alpha value is -0.520. The minimum absolute atomic E-state index is 1.20. The van der Waals surface area contributed by atoms with Crippen LogP contribution in [0.1, 0.15) is 117 Å². The van der Waals surface area contributed by atoms with Crippen LogP contribution in [0.4, 0.5) is 0 Å². The molecule has 0 amide bonds. The van der Waals surface area contributed by atoms with E-state index in [2.05, 4.69) is 39.5 Å². The standard InChI is InChI=1S/C12H24.C10H20/c1-3-5-7-9-11-12-10-8-6-4-2;1-3-5-7-9-10-8-6-4-2/h3H,1,4-12H2,2H3;3,5H,4,6-10H2,1-2H3/b;5-3+. The largest absolute Gasteiger partial charge is 0.103 e. The Morgan fingerprint density at radius 2 is 1.00 bits per heavy atom. The normalized spacial score (nSPS) is 10.5. The average Bonchev–Trinajstić information content (AvgIpc) is 2.54. The van der Waals surface area contributed by atoms with Gasteiger partial charge in [0.2, 0.25) is 0 Å². The van der Waals surface area contributed by atoms with Gasteiger partial charge < -0.3 is 0 Å². The Balaban J connectivity index is 0. The molecule has 0 nitrogen and oxygen atoms in total. The predicted molar refractivity (Wildman–Crippen MR) is 106 cm³/mol. The summed E-state index contributed by atoms with van der Waals surface area (Å²) >= 11 is 0. The number of hydrogen-bond donors (Lipinski definition) is 0. The Morgan fingerprint density at radius 1 is 0.591 bits per heavy atom. The maximum atomic E-state index is 3.72. The lowest BCUT2D eigenvalue weighted by Gasteiger charge is -1.99. The van der Waals surface area contributed by atoms with E-state index in [1.165, 1.54) is 96.3 Å². The summed E-state index contributed by atoms with van der Waals surface area (Å²) in [7, 11) is 0. The molecule has 0 atom stereocenters. The van der Waals surface area contributed by atoms with Crippen molar-refractivity contribution in [3.05, 3.63) is 24.8 Å². The fourth-order valence-electron chi connectivity index (χ4n) is 2.45. The lowest BCUT2D eigenvalue weighted by Crippen LogP contribution is -1.79. The topological polar surface area (TPSA) is 0 Å². The number of hydrogen-bond acceptors (Lipinski definition) is 0. The van der Waals surface area contributed by atoms with Gasteiger partial charge in [0.15, 0.2) is 0 Å². The molecule has 0 aliphatic heterocycles. The minimum atomic E-state index is 1.20. The first-order valence-corrected chi connectivity index (χ1v) is 10.0. The molecule has 22 heavy (non-hydrogen) atoms. The molecule has 0 rings (SSSR count). The third-order valence-corrected chi connectivity index (χ3v) is 3.97. The molecule has 0 heterocycles. The van der Waals surface area contributed by atoms with Crippen LogP contribution in [0.5, 0.6) is 0 Å². The van der Waals surface area contributed by atoms with Gasteiger partial charge in [-0.3, -0.25) is 0 Å². The molecule has 0 heteroatoms. The van der Waals surface area contributed by atoms with Gasteiger partial charge in [-0.05, 0) is 32.6 Å². The summed E-state index contributed by atoms with van der Waals surface area (Å²) in [4.78, 5) is 0. The minimum Gasteiger partial charge on any atom is -0.103 e. The van der Waals surface area contributed by atoms with Crippen molar-refractivity contribution >= 4 is 0 Å². The van der Waals surface area contributed by atoms with Gasteiger partial charge in [-0.15, -0.1) is 6.58 Å². The molecule has 0 aromatic rings. The lowest BCUT2D eigenvalue weighted by atomic mass is 10.1. The molecule has 0 saturated carbocycles. The van der Waals surface area contributed by atoms with Crippen molar-refractivity contribution in [3.8, 4) is 0 Å². The summed E-state index contributed by atoms with van der Waals surface area (Å²) in [6, 6.07) is 0. The summed E-state index contributed by atoms with van der Waals surface area (Å²) < 4.78 is 0. The Labute approximate surface area is 142 Å². The molecule has 0 radical (unpaired) electrons. The zero-order chi connectivity index (χ0) is 16.7. The zero-order valence-electron chi connectivity index (χ0n) is 16.0. The molecular weight excluding hydrogens is 264 g/mol. The van der Waals surface area contributed by atoms with E-state index in [4.69, 9.17) is 0 Å². The van der Waals surface area contributed by atoms with E-state index in [9.17, 15) is 0 Å². The van der Waals surface area contributed by atoms with Crippen LogP contribution in [-0.4, -0.2) is 0 Å². The molecule has 0 unspecified atom stereocenters. The first kappa shape index (κ1) is 23.7. The molecule has 132 valence electrons. The number of unbranched alkanes of at least 4 members (excludes halogenated alkanes) is 13. The maximum absolute atomic E-state index is 3.72. The van der Waals surface area contributed by atoms with E-state index >= 15 is 0 Å². The van der Waals surface area contributed by atoms with Gasteiger partial charge in [-0.25, -0.2) is 0 Å². The number of rotatable bonds is 15. The van der Waals surface area contributed by atoms with Crippen molar-refractivity contribution in [1.29, 1.82) is 0 Å². The lowest BCUT2D eigenvalue weighted by molar-refractivity contribution is 0.578.